The highest BCUT2D eigenvalue weighted by Crippen LogP contribution is 2.17. The Bertz CT molecular complexity index is 790. The van der Waals surface area contributed by atoms with Crippen molar-refractivity contribution >= 4 is 27.5 Å². The maximum atomic E-state index is 13.5. The van der Waals surface area contributed by atoms with E-state index >= 15 is 0 Å². The summed E-state index contributed by atoms with van der Waals surface area (Å²) in [5.74, 6) is -3.35. The quantitative estimate of drug-likeness (QED) is 0.834. The molecule has 0 atom stereocenters. The Hall–Kier alpha value is -2.03. The van der Waals surface area contributed by atoms with Gasteiger partial charge < -0.3 is 0 Å². The zero-order valence-corrected chi connectivity index (χ0v) is 12.4. The molecule has 0 bridgehead atoms. The van der Waals surface area contributed by atoms with E-state index in [1.54, 1.807) is 4.83 Å². The molecule has 0 unspecified atom stereocenters. The van der Waals surface area contributed by atoms with Crippen molar-refractivity contribution in [2.24, 2.45) is 0 Å². The third kappa shape index (κ3) is 3.59. The molecule has 0 heterocycles. The standard InChI is InChI=1S/C13H9ClF2N2O3S/c14-9-6-4-8(5-7-9)13(19)17-18-22(20,21)12-10(15)2-1-3-11(12)16/h1-7,18H,(H,17,19). The molecule has 2 aromatic rings. The van der Waals surface area contributed by atoms with Crippen molar-refractivity contribution in [1.82, 2.24) is 10.3 Å². The SMILES string of the molecule is O=C(NNS(=O)(=O)c1c(F)cccc1F)c1ccc(Cl)cc1. The lowest BCUT2D eigenvalue weighted by Crippen LogP contribution is -2.42. The van der Waals surface area contributed by atoms with E-state index in [-0.39, 0.29) is 5.56 Å². The Morgan fingerprint density at radius 2 is 1.55 bits per heavy atom. The second kappa shape index (κ2) is 6.39. The van der Waals surface area contributed by atoms with Crippen LogP contribution in [0.5, 0.6) is 0 Å². The van der Waals surface area contributed by atoms with Crippen molar-refractivity contribution in [3.63, 3.8) is 0 Å². The van der Waals surface area contributed by atoms with Gasteiger partial charge in [0.05, 0.1) is 0 Å². The topological polar surface area (TPSA) is 75.3 Å². The maximum absolute atomic E-state index is 13.5. The van der Waals surface area contributed by atoms with E-state index in [1.165, 1.54) is 24.3 Å². The Morgan fingerprint density at radius 1 is 1.00 bits per heavy atom. The van der Waals surface area contributed by atoms with Gasteiger partial charge in [0, 0.05) is 10.6 Å². The van der Waals surface area contributed by atoms with Gasteiger partial charge in [-0.05, 0) is 36.4 Å². The molecule has 0 aliphatic heterocycles. The zero-order chi connectivity index (χ0) is 16.3. The summed E-state index contributed by atoms with van der Waals surface area (Å²) in [5, 5.41) is 0.394. The van der Waals surface area contributed by atoms with Crippen LogP contribution in [0.25, 0.3) is 0 Å². The van der Waals surface area contributed by atoms with Crippen LogP contribution in [0.15, 0.2) is 47.4 Å². The van der Waals surface area contributed by atoms with Crippen LogP contribution in [-0.4, -0.2) is 14.3 Å². The summed E-state index contributed by atoms with van der Waals surface area (Å²) in [7, 11) is -4.59. The summed E-state index contributed by atoms with van der Waals surface area (Å²) in [6.07, 6.45) is 0. The lowest BCUT2D eigenvalue weighted by Gasteiger charge is -2.09. The number of nitrogens with one attached hydrogen (secondary N) is 2. The molecular formula is C13H9ClF2N2O3S. The fraction of sp³-hybridized carbons (Fsp3) is 0. The number of carbonyl (C=O) groups excluding carboxylic acids is 1. The first-order valence-corrected chi connectivity index (χ1v) is 7.69. The highest BCUT2D eigenvalue weighted by Gasteiger charge is 2.24. The summed E-state index contributed by atoms with van der Waals surface area (Å²) < 4.78 is 50.6. The van der Waals surface area contributed by atoms with Gasteiger partial charge in [-0.1, -0.05) is 17.7 Å². The van der Waals surface area contributed by atoms with Gasteiger partial charge in [-0.15, -0.1) is 4.83 Å². The molecule has 0 spiro atoms. The van der Waals surface area contributed by atoms with Crippen LogP contribution in [0.1, 0.15) is 10.4 Å². The monoisotopic (exact) mass is 346 g/mol. The number of sulfonamides is 1. The number of hydrogen-bond acceptors (Lipinski definition) is 3. The number of carbonyl (C=O) groups is 1. The number of rotatable bonds is 4. The molecule has 22 heavy (non-hydrogen) atoms. The molecule has 2 N–H and O–H groups in total. The van der Waals surface area contributed by atoms with Crippen LogP contribution in [0.2, 0.25) is 5.02 Å². The number of hydrogen-bond donors (Lipinski definition) is 2. The highest BCUT2D eigenvalue weighted by atomic mass is 35.5. The third-order valence-corrected chi connectivity index (χ3v) is 4.14. The van der Waals surface area contributed by atoms with Gasteiger partial charge in [-0.2, -0.15) is 0 Å². The summed E-state index contributed by atoms with van der Waals surface area (Å²) in [6.45, 7) is 0. The van der Waals surface area contributed by atoms with Gasteiger partial charge in [-0.3, -0.25) is 10.2 Å². The van der Waals surface area contributed by atoms with Gasteiger partial charge in [0.2, 0.25) is 0 Å². The van der Waals surface area contributed by atoms with E-state index in [4.69, 9.17) is 11.6 Å². The molecule has 0 aliphatic rings. The van der Waals surface area contributed by atoms with Crippen molar-refractivity contribution in [2.45, 2.75) is 4.90 Å². The second-order valence-electron chi connectivity index (χ2n) is 4.12. The molecule has 1 amide bonds. The fourth-order valence-corrected chi connectivity index (χ4v) is 2.68. The van der Waals surface area contributed by atoms with Crippen molar-refractivity contribution < 1.29 is 22.0 Å². The van der Waals surface area contributed by atoms with Gasteiger partial charge in [0.1, 0.15) is 11.6 Å². The average Bonchev–Trinajstić information content (AvgIpc) is 2.45. The molecule has 0 aromatic heterocycles. The van der Waals surface area contributed by atoms with Crippen molar-refractivity contribution in [1.29, 1.82) is 0 Å². The van der Waals surface area contributed by atoms with Crippen molar-refractivity contribution in [3.05, 3.63) is 64.7 Å². The lowest BCUT2D eigenvalue weighted by molar-refractivity contribution is 0.0945. The van der Waals surface area contributed by atoms with E-state index in [1.807, 2.05) is 5.43 Å². The largest absolute Gasteiger partial charge is 0.273 e. The smallest absolute Gasteiger partial charge is 0.266 e. The van der Waals surface area contributed by atoms with Crippen molar-refractivity contribution in [3.8, 4) is 0 Å². The Balaban J connectivity index is 2.16. The van der Waals surface area contributed by atoms with Crippen LogP contribution >= 0.6 is 11.6 Å². The predicted molar refractivity (Wildman–Crippen MR) is 75.6 cm³/mol. The molecular weight excluding hydrogens is 338 g/mol. The summed E-state index contributed by atoms with van der Waals surface area (Å²) in [4.78, 5) is 12.2. The summed E-state index contributed by atoms with van der Waals surface area (Å²) in [5.41, 5.74) is 1.97. The van der Waals surface area contributed by atoms with Crippen molar-refractivity contribution in [2.75, 3.05) is 0 Å². The summed E-state index contributed by atoms with van der Waals surface area (Å²) >= 11 is 5.65. The first-order chi connectivity index (χ1) is 10.3. The Morgan fingerprint density at radius 3 is 2.09 bits per heavy atom. The Labute approximate surface area is 129 Å². The molecule has 0 saturated heterocycles. The molecule has 0 fully saturated rings. The van der Waals surface area contributed by atoms with Crippen LogP contribution in [0.3, 0.4) is 0 Å². The highest BCUT2D eigenvalue weighted by molar-refractivity contribution is 7.89. The van der Waals surface area contributed by atoms with Gasteiger partial charge in [-0.25, -0.2) is 17.2 Å². The molecule has 116 valence electrons. The normalized spacial score (nSPS) is 11.2. The van der Waals surface area contributed by atoms with E-state index in [0.717, 1.165) is 18.2 Å². The van der Waals surface area contributed by atoms with E-state index in [9.17, 15) is 22.0 Å². The predicted octanol–water partition coefficient (Wildman–Crippen LogP) is 2.24. The van der Waals surface area contributed by atoms with Crippen LogP contribution < -0.4 is 10.3 Å². The molecule has 0 aliphatic carbocycles. The van der Waals surface area contributed by atoms with E-state index in [2.05, 4.69) is 0 Å². The lowest BCUT2D eigenvalue weighted by atomic mass is 10.2. The van der Waals surface area contributed by atoms with Crippen LogP contribution in [-0.2, 0) is 10.0 Å². The Kier molecular flexibility index (Phi) is 4.74. The van der Waals surface area contributed by atoms with Gasteiger partial charge >= 0.3 is 0 Å². The third-order valence-electron chi connectivity index (χ3n) is 2.59. The molecule has 5 nitrogen and oxygen atoms in total. The minimum absolute atomic E-state index is 0.112. The minimum Gasteiger partial charge on any atom is -0.273 e. The molecule has 2 aromatic carbocycles. The number of amides is 1. The number of halogens is 3. The second-order valence-corrected chi connectivity index (χ2v) is 6.17. The van der Waals surface area contributed by atoms with Gasteiger partial charge in [0.15, 0.2) is 4.90 Å². The van der Waals surface area contributed by atoms with E-state index < -0.39 is 32.5 Å². The first-order valence-electron chi connectivity index (χ1n) is 5.83. The molecule has 9 heteroatoms. The first kappa shape index (κ1) is 16.3. The molecule has 2 rings (SSSR count). The number of benzene rings is 2. The number of hydrazine groups is 1. The molecule has 0 radical (unpaired) electrons. The maximum Gasteiger partial charge on any atom is 0.266 e. The van der Waals surface area contributed by atoms with Crippen LogP contribution in [0, 0.1) is 11.6 Å². The summed E-state index contributed by atoms with van der Waals surface area (Å²) in [6, 6.07) is 8.18. The fourth-order valence-electron chi connectivity index (χ4n) is 1.58. The van der Waals surface area contributed by atoms with E-state index in [0.29, 0.717) is 5.02 Å². The average molecular weight is 347 g/mol. The minimum atomic E-state index is -4.59. The molecule has 0 saturated carbocycles. The van der Waals surface area contributed by atoms with Gasteiger partial charge in [0.25, 0.3) is 15.9 Å². The zero-order valence-electron chi connectivity index (χ0n) is 10.8. The van der Waals surface area contributed by atoms with Crippen LogP contribution in [0.4, 0.5) is 8.78 Å².